The van der Waals surface area contributed by atoms with Gasteiger partial charge in [0.25, 0.3) is 0 Å². The largest absolute Gasteiger partial charge is 1.00 e. The predicted octanol–water partition coefficient (Wildman–Crippen LogP) is -1.19. The molecule has 5 heteroatoms. The fourth-order valence-electron chi connectivity index (χ4n) is 2.20. The van der Waals surface area contributed by atoms with E-state index >= 15 is 0 Å². The molecule has 0 aromatic heterocycles. The van der Waals surface area contributed by atoms with Gasteiger partial charge in [-0.15, -0.1) is 11.8 Å². The van der Waals surface area contributed by atoms with Gasteiger partial charge in [0.15, 0.2) is 0 Å². The number of benzene rings is 1. The monoisotopic (exact) mass is 251 g/mol. The summed E-state index contributed by atoms with van der Waals surface area (Å²) >= 11 is 1.69. The van der Waals surface area contributed by atoms with E-state index in [9.17, 15) is 9.90 Å². The number of rotatable bonds is 0. The third-order valence-electron chi connectivity index (χ3n) is 2.94. The van der Waals surface area contributed by atoms with E-state index in [-0.39, 0.29) is 30.2 Å². The molecule has 1 aliphatic heterocycles. The molecule has 3 rings (SSSR count). The number of carboxylic acid groups (broad SMARTS) is 1. The van der Waals surface area contributed by atoms with Crippen molar-refractivity contribution in [3.8, 4) is 0 Å². The minimum absolute atomic E-state index is 0. The first-order chi connectivity index (χ1) is 8.27. The first-order valence-electron chi connectivity index (χ1n) is 5.38. The quantitative estimate of drug-likeness (QED) is 0.545. The van der Waals surface area contributed by atoms with Gasteiger partial charge in [-0.3, -0.25) is 0 Å². The molecule has 18 heavy (non-hydrogen) atoms. The molecule has 0 radical (unpaired) electrons. The van der Waals surface area contributed by atoms with Crippen LogP contribution in [0.3, 0.4) is 0 Å². The van der Waals surface area contributed by atoms with E-state index < -0.39 is 6.09 Å². The van der Waals surface area contributed by atoms with Crippen molar-refractivity contribution in [2.24, 2.45) is 0 Å². The van der Waals surface area contributed by atoms with Crippen LogP contribution in [0.4, 0.5) is 10.5 Å². The van der Waals surface area contributed by atoms with Crippen LogP contribution in [0.15, 0.2) is 53.5 Å². The minimum atomic E-state index is -1.15. The standard InChI is InChI=1S/C13H11NO2S.Li/c15-13(16)14-9-5-1-3-7-11(9)17-12-8-4-2-6-10(12)14;/h1-9,11H,(H,15,16);/q;+1/p-1. The van der Waals surface area contributed by atoms with E-state index in [1.165, 1.54) is 4.90 Å². The van der Waals surface area contributed by atoms with Crippen molar-refractivity contribution in [3.63, 3.8) is 0 Å². The van der Waals surface area contributed by atoms with Crippen LogP contribution in [0.1, 0.15) is 0 Å². The number of hydrogen-bond acceptors (Lipinski definition) is 3. The Labute approximate surface area is 122 Å². The van der Waals surface area contributed by atoms with Crippen molar-refractivity contribution < 1.29 is 28.8 Å². The number of carbonyl (C=O) groups is 1. The van der Waals surface area contributed by atoms with Crippen LogP contribution in [0.5, 0.6) is 0 Å². The van der Waals surface area contributed by atoms with E-state index in [0.29, 0.717) is 0 Å². The van der Waals surface area contributed by atoms with Crippen molar-refractivity contribution in [2.75, 3.05) is 4.90 Å². The number of hydrogen-bond donors (Lipinski definition) is 0. The Morgan fingerprint density at radius 1 is 1.22 bits per heavy atom. The third kappa shape index (κ3) is 2.12. The number of carbonyl (C=O) groups excluding carboxylic acids is 1. The number of para-hydroxylation sites is 1. The summed E-state index contributed by atoms with van der Waals surface area (Å²) in [6.07, 6.45) is 6.62. The number of anilines is 1. The summed E-state index contributed by atoms with van der Waals surface area (Å²) in [6, 6.07) is 7.36. The summed E-state index contributed by atoms with van der Waals surface area (Å²) in [5, 5.41) is 11.5. The fourth-order valence-corrected chi connectivity index (χ4v) is 3.46. The average Bonchev–Trinajstić information content (AvgIpc) is 2.35. The Morgan fingerprint density at radius 2 is 1.94 bits per heavy atom. The average molecular weight is 251 g/mol. The summed E-state index contributed by atoms with van der Waals surface area (Å²) in [5.41, 5.74) is 0.721. The van der Waals surface area contributed by atoms with Gasteiger partial charge >= 0.3 is 18.9 Å². The number of thioether (sulfide) groups is 1. The Balaban J connectivity index is 0.00000120. The zero-order valence-corrected chi connectivity index (χ0v) is 10.8. The van der Waals surface area contributed by atoms with Crippen molar-refractivity contribution in [3.05, 3.63) is 48.6 Å². The second-order valence-electron chi connectivity index (χ2n) is 3.95. The van der Waals surface area contributed by atoms with Gasteiger partial charge in [-0.1, -0.05) is 36.4 Å². The first kappa shape index (κ1) is 13.4. The number of allylic oxidation sites excluding steroid dienone is 2. The summed E-state index contributed by atoms with van der Waals surface area (Å²) in [5.74, 6) is 0. The molecule has 0 fully saturated rings. The van der Waals surface area contributed by atoms with Crippen LogP contribution in [0.2, 0.25) is 0 Å². The van der Waals surface area contributed by atoms with Crippen LogP contribution in [0.25, 0.3) is 0 Å². The summed E-state index contributed by atoms with van der Waals surface area (Å²) in [6.45, 7) is 0. The molecule has 1 amide bonds. The molecule has 0 saturated carbocycles. The molecule has 2 unspecified atom stereocenters. The van der Waals surface area contributed by atoms with Crippen LogP contribution >= 0.6 is 11.8 Å². The van der Waals surface area contributed by atoms with Gasteiger partial charge in [0.1, 0.15) is 6.09 Å². The van der Waals surface area contributed by atoms with Crippen LogP contribution in [-0.2, 0) is 0 Å². The molecule has 2 aliphatic rings. The molecule has 1 aromatic rings. The van der Waals surface area contributed by atoms with Gasteiger partial charge in [0.05, 0.1) is 17.0 Å². The maximum absolute atomic E-state index is 11.3. The zero-order chi connectivity index (χ0) is 11.8. The van der Waals surface area contributed by atoms with E-state index in [4.69, 9.17) is 0 Å². The SMILES string of the molecule is O=C([O-])N1c2ccccc2SC2C=CC=CC21.[Li+]. The van der Waals surface area contributed by atoms with Crippen molar-refractivity contribution >= 4 is 23.5 Å². The molecule has 0 N–H and O–H groups in total. The summed E-state index contributed by atoms with van der Waals surface area (Å²) < 4.78 is 0. The Kier molecular flexibility index (Phi) is 3.91. The third-order valence-corrected chi connectivity index (χ3v) is 4.25. The van der Waals surface area contributed by atoms with Crippen LogP contribution < -0.4 is 28.9 Å². The van der Waals surface area contributed by atoms with Crippen LogP contribution in [0, 0.1) is 0 Å². The van der Waals surface area contributed by atoms with Crippen molar-refractivity contribution in [1.29, 1.82) is 0 Å². The Hall–Kier alpha value is -1.08. The van der Waals surface area contributed by atoms with E-state index in [1.54, 1.807) is 11.8 Å². The van der Waals surface area contributed by atoms with Crippen molar-refractivity contribution in [1.82, 2.24) is 0 Å². The molecular formula is C13H10LiNO2S. The number of fused-ring (bicyclic) bond motifs is 2. The van der Waals surface area contributed by atoms with Gasteiger partial charge in [-0.2, -0.15) is 0 Å². The molecule has 2 atom stereocenters. The maximum Gasteiger partial charge on any atom is 1.00 e. The summed E-state index contributed by atoms with van der Waals surface area (Å²) in [4.78, 5) is 13.6. The van der Waals surface area contributed by atoms with Gasteiger partial charge in [-0.05, 0) is 12.1 Å². The smallest absolute Gasteiger partial charge is 0.530 e. The zero-order valence-electron chi connectivity index (χ0n) is 9.95. The summed E-state index contributed by atoms with van der Waals surface area (Å²) in [7, 11) is 0. The van der Waals surface area contributed by atoms with E-state index in [2.05, 4.69) is 0 Å². The first-order valence-corrected chi connectivity index (χ1v) is 6.26. The van der Waals surface area contributed by atoms with Crippen molar-refractivity contribution in [2.45, 2.75) is 16.2 Å². The normalized spacial score (nSPS) is 23.9. The molecular weight excluding hydrogens is 241 g/mol. The maximum atomic E-state index is 11.3. The van der Waals surface area contributed by atoms with Crippen LogP contribution in [-0.4, -0.2) is 17.4 Å². The predicted molar refractivity (Wildman–Crippen MR) is 66.0 cm³/mol. The number of amides is 1. The van der Waals surface area contributed by atoms with Gasteiger partial charge in [-0.25, -0.2) is 0 Å². The van der Waals surface area contributed by atoms with Gasteiger partial charge in [0.2, 0.25) is 0 Å². The topological polar surface area (TPSA) is 43.4 Å². The molecule has 86 valence electrons. The molecule has 0 spiro atoms. The fraction of sp³-hybridized carbons (Fsp3) is 0.154. The van der Waals surface area contributed by atoms with Gasteiger partial charge < -0.3 is 14.8 Å². The molecule has 0 bridgehead atoms. The minimum Gasteiger partial charge on any atom is -0.530 e. The van der Waals surface area contributed by atoms with E-state index in [1.807, 2.05) is 48.6 Å². The molecule has 1 aromatic carbocycles. The number of nitrogens with zero attached hydrogens (tertiary/aromatic N) is 1. The Morgan fingerprint density at radius 3 is 2.72 bits per heavy atom. The van der Waals surface area contributed by atoms with Gasteiger partial charge in [0, 0.05) is 4.90 Å². The molecule has 0 saturated heterocycles. The molecule has 1 aliphatic carbocycles. The molecule has 1 heterocycles. The Bertz CT molecular complexity index is 529. The molecule has 3 nitrogen and oxygen atoms in total. The second-order valence-corrected chi connectivity index (χ2v) is 5.17. The second kappa shape index (κ2) is 5.27. The van der Waals surface area contributed by atoms with E-state index in [0.717, 1.165) is 10.6 Å².